The molecule has 0 saturated heterocycles. The highest BCUT2D eigenvalue weighted by Crippen LogP contribution is 2.36. The number of nitrogens with two attached hydrogens (primary N) is 1. The molecule has 2 aromatic carbocycles. The van der Waals surface area contributed by atoms with E-state index >= 15 is 0 Å². The fourth-order valence-electron chi connectivity index (χ4n) is 3.27. The van der Waals surface area contributed by atoms with Crippen molar-refractivity contribution in [3.63, 3.8) is 0 Å². The summed E-state index contributed by atoms with van der Waals surface area (Å²) < 4.78 is 41.4. The average Bonchev–Trinajstić information content (AvgIpc) is 2.95. The smallest absolute Gasteiger partial charge is 0.366 e. The molecule has 0 bridgehead atoms. The van der Waals surface area contributed by atoms with Crippen molar-refractivity contribution >= 4 is 27.7 Å². The molecule has 0 atom stereocenters. The monoisotopic (exact) mass is 368 g/mol. The molecule has 2 N–H and O–H groups in total. The molecule has 0 saturated carbocycles. The van der Waals surface area contributed by atoms with E-state index in [9.17, 15) is 18.0 Å². The second kappa shape index (κ2) is 6.12. The van der Waals surface area contributed by atoms with E-state index in [1.54, 1.807) is 41.2 Å². The predicted octanol–water partition coefficient (Wildman–Crippen LogP) is 4.16. The zero-order valence-corrected chi connectivity index (χ0v) is 13.9. The summed E-state index contributed by atoms with van der Waals surface area (Å²) in [6.45, 7) is 0.297. The molecule has 4 rings (SSSR count). The fraction of sp³-hybridized carbons (Fsp3) is 0.100. The zero-order valence-electron chi connectivity index (χ0n) is 13.9. The van der Waals surface area contributed by atoms with E-state index in [1.165, 1.54) is 0 Å². The Labute approximate surface area is 152 Å². The van der Waals surface area contributed by atoms with Crippen LogP contribution in [-0.4, -0.2) is 15.5 Å². The first-order valence-corrected chi connectivity index (χ1v) is 8.09. The number of rotatable bonds is 3. The Balaban J connectivity index is 2.07. The Hall–Kier alpha value is -3.35. The number of benzene rings is 2. The molecule has 135 valence electrons. The molecule has 1 radical (unpaired) electrons. The van der Waals surface area contributed by atoms with Crippen molar-refractivity contribution in [3.05, 3.63) is 77.6 Å². The minimum Gasteiger partial charge on any atom is -0.366 e. The molecule has 2 aromatic heterocycles. The second-order valence-corrected chi connectivity index (χ2v) is 6.16. The molecular weight excluding hydrogens is 355 g/mol. The van der Waals surface area contributed by atoms with Crippen LogP contribution < -0.4 is 5.73 Å². The van der Waals surface area contributed by atoms with Gasteiger partial charge in [0.1, 0.15) is 0 Å². The number of halogens is 3. The first-order valence-electron chi connectivity index (χ1n) is 8.09. The van der Waals surface area contributed by atoms with Gasteiger partial charge in [0.25, 0.3) is 0 Å². The number of pyridine rings is 1. The predicted molar refractivity (Wildman–Crippen MR) is 95.1 cm³/mol. The fourth-order valence-corrected chi connectivity index (χ4v) is 3.27. The van der Waals surface area contributed by atoms with Crippen molar-refractivity contribution in [3.8, 4) is 0 Å². The summed E-state index contributed by atoms with van der Waals surface area (Å²) in [7, 11) is 0. The van der Waals surface area contributed by atoms with Crippen LogP contribution in [0.15, 0.2) is 54.9 Å². The van der Waals surface area contributed by atoms with Gasteiger partial charge in [-0.3, -0.25) is 9.78 Å². The van der Waals surface area contributed by atoms with Crippen molar-refractivity contribution in [2.45, 2.75) is 12.7 Å². The molecule has 0 spiro atoms. The summed E-state index contributed by atoms with van der Waals surface area (Å²) in [5.41, 5.74) is 6.69. The maximum atomic E-state index is 13.2. The van der Waals surface area contributed by atoms with E-state index in [0.29, 0.717) is 28.4 Å². The third kappa shape index (κ3) is 2.91. The third-order valence-corrected chi connectivity index (χ3v) is 4.45. The van der Waals surface area contributed by atoms with Crippen molar-refractivity contribution in [2.75, 3.05) is 0 Å². The Morgan fingerprint density at radius 1 is 1.19 bits per heavy atom. The minimum absolute atomic E-state index is 0.249. The lowest BCUT2D eigenvalue weighted by Crippen LogP contribution is -2.11. The highest BCUT2D eigenvalue weighted by molar-refractivity contribution is 6.17. The minimum atomic E-state index is -4.49. The first-order chi connectivity index (χ1) is 12.9. The number of aromatic nitrogens is 2. The Morgan fingerprint density at radius 2 is 2.00 bits per heavy atom. The van der Waals surface area contributed by atoms with Crippen molar-refractivity contribution in [1.29, 1.82) is 0 Å². The van der Waals surface area contributed by atoms with E-state index in [2.05, 4.69) is 11.1 Å². The molecule has 0 aliphatic heterocycles. The molecule has 7 heteroatoms. The second-order valence-electron chi connectivity index (χ2n) is 6.16. The highest BCUT2D eigenvalue weighted by atomic mass is 19.4. The van der Waals surface area contributed by atoms with Gasteiger partial charge in [-0.2, -0.15) is 13.2 Å². The number of carbonyl (C=O) groups is 1. The van der Waals surface area contributed by atoms with Gasteiger partial charge in [-0.15, -0.1) is 0 Å². The van der Waals surface area contributed by atoms with Gasteiger partial charge in [0.15, 0.2) is 0 Å². The van der Waals surface area contributed by atoms with Gasteiger partial charge < -0.3 is 10.3 Å². The average molecular weight is 368 g/mol. The van der Waals surface area contributed by atoms with Crippen LogP contribution in [0.25, 0.3) is 21.8 Å². The van der Waals surface area contributed by atoms with Crippen LogP contribution in [0.3, 0.4) is 0 Å². The summed E-state index contributed by atoms with van der Waals surface area (Å²) in [6.07, 6.45) is -1.23. The molecule has 0 unspecified atom stereocenters. The first kappa shape index (κ1) is 17.1. The van der Waals surface area contributed by atoms with Crippen molar-refractivity contribution < 1.29 is 18.0 Å². The van der Waals surface area contributed by atoms with Crippen LogP contribution in [0, 0.1) is 6.07 Å². The van der Waals surface area contributed by atoms with Crippen LogP contribution in [0.1, 0.15) is 21.5 Å². The number of fused-ring (bicyclic) bond motifs is 3. The zero-order chi connectivity index (χ0) is 19.2. The van der Waals surface area contributed by atoms with Crippen LogP contribution in [-0.2, 0) is 12.7 Å². The number of primary amides is 1. The summed E-state index contributed by atoms with van der Waals surface area (Å²) in [5, 5.41) is 0.925. The van der Waals surface area contributed by atoms with E-state index in [1.807, 2.05) is 6.07 Å². The maximum absolute atomic E-state index is 13.2. The molecular formula is C20H13F3N3O. The van der Waals surface area contributed by atoms with Gasteiger partial charge in [0.2, 0.25) is 5.91 Å². The highest BCUT2D eigenvalue weighted by Gasteiger charge is 2.31. The number of alkyl halides is 3. The molecule has 4 nitrogen and oxygen atoms in total. The number of amides is 1. The van der Waals surface area contributed by atoms with Crippen molar-refractivity contribution in [2.24, 2.45) is 5.73 Å². The van der Waals surface area contributed by atoms with Gasteiger partial charge in [0.05, 0.1) is 16.6 Å². The van der Waals surface area contributed by atoms with Gasteiger partial charge in [-0.05, 0) is 42.0 Å². The van der Waals surface area contributed by atoms with E-state index < -0.39 is 17.6 Å². The van der Waals surface area contributed by atoms with Gasteiger partial charge >= 0.3 is 6.18 Å². The Kier molecular flexibility index (Phi) is 3.87. The van der Waals surface area contributed by atoms with E-state index in [4.69, 9.17) is 5.73 Å². The van der Waals surface area contributed by atoms with Crippen LogP contribution in [0.5, 0.6) is 0 Å². The normalized spacial score (nSPS) is 12.0. The summed E-state index contributed by atoms with van der Waals surface area (Å²) in [4.78, 5) is 15.9. The Morgan fingerprint density at radius 3 is 2.67 bits per heavy atom. The molecule has 4 aromatic rings. The molecule has 1 amide bonds. The number of hydrogen-bond donors (Lipinski definition) is 1. The van der Waals surface area contributed by atoms with Gasteiger partial charge in [-0.25, -0.2) is 0 Å². The molecule has 0 aliphatic carbocycles. The van der Waals surface area contributed by atoms with Crippen LogP contribution in [0.4, 0.5) is 13.2 Å². The Bertz CT molecular complexity index is 1160. The van der Waals surface area contributed by atoms with Gasteiger partial charge in [-0.1, -0.05) is 12.1 Å². The number of carbonyl (C=O) groups excluding carboxylic acids is 1. The van der Waals surface area contributed by atoms with Gasteiger partial charge in [0, 0.05) is 35.3 Å². The lowest BCUT2D eigenvalue weighted by Gasteiger charge is -2.10. The van der Waals surface area contributed by atoms with Crippen molar-refractivity contribution in [1.82, 2.24) is 9.55 Å². The topological polar surface area (TPSA) is 60.9 Å². The lowest BCUT2D eigenvalue weighted by atomic mass is 10.0. The van der Waals surface area contributed by atoms with Crippen LogP contribution >= 0.6 is 0 Å². The number of nitrogens with zero attached hydrogens (tertiary/aromatic N) is 2. The molecule has 27 heavy (non-hydrogen) atoms. The summed E-state index contributed by atoms with van der Waals surface area (Å²) >= 11 is 0. The summed E-state index contributed by atoms with van der Waals surface area (Å²) in [5.74, 6) is -0.644. The largest absolute Gasteiger partial charge is 0.416 e. The molecule has 0 aliphatic rings. The van der Waals surface area contributed by atoms with Crippen LogP contribution in [0.2, 0.25) is 0 Å². The van der Waals surface area contributed by atoms with E-state index in [-0.39, 0.29) is 5.56 Å². The molecule has 2 heterocycles. The maximum Gasteiger partial charge on any atom is 0.416 e. The number of hydrogen-bond acceptors (Lipinski definition) is 2. The van der Waals surface area contributed by atoms with E-state index in [0.717, 1.165) is 17.7 Å². The standard InChI is InChI=1S/C20H13F3N3O/c21-20(22,23)13-6-7-14-17(9-13)26(11-12-3-2-8-25-10-12)16-5-1-4-15(18(14)16)19(24)27/h1-6,8-10H,11H2,(H2,24,27). The quantitative estimate of drug-likeness (QED) is 0.590. The SMILES string of the molecule is NC(=O)c1cccc2c1c1[c]cc(C(F)(F)F)cc1n2Cc1cccnc1. The molecule has 0 fully saturated rings. The lowest BCUT2D eigenvalue weighted by molar-refractivity contribution is -0.137. The third-order valence-electron chi connectivity index (χ3n) is 4.45. The summed E-state index contributed by atoms with van der Waals surface area (Å²) in [6, 6.07) is 13.2.